The van der Waals surface area contributed by atoms with Crippen molar-refractivity contribution in [3.8, 4) is 0 Å². The number of nitrogens with zero attached hydrogens (tertiary/aromatic N) is 2. The van der Waals surface area contributed by atoms with Gasteiger partial charge in [0.1, 0.15) is 0 Å². The molecule has 76 valence electrons. The summed E-state index contributed by atoms with van der Waals surface area (Å²) >= 11 is 0. The fourth-order valence-electron chi connectivity index (χ4n) is 1.16. The lowest BCUT2D eigenvalue weighted by Crippen LogP contribution is -2.21. The Labute approximate surface area is 84.9 Å². The molecule has 0 heterocycles. The van der Waals surface area contributed by atoms with Crippen LogP contribution in [0.3, 0.4) is 0 Å². The molecule has 1 rings (SSSR count). The van der Waals surface area contributed by atoms with Crippen LogP contribution in [0.1, 0.15) is 10.4 Å². The van der Waals surface area contributed by atoms with Gasteiger partial charge in [-0.3, -0.25) is 4.79 Å². The van der Waals surface area contributed by atoms with Crippen LogP contribution in [-0.4, -0.2) is 39.0 Å². The number of hydrogen-bond donors (Lipinski definition) is 0. The third-order valence-corrected chi connectivity index (χ3v) is 2.04. The van der Waals surface area contributed by atoms with E-state index in [1.807, 2.05) is 43.3 Å². The van der Waals surface area contributed by atoms with Crippen LogP contribution >= 0.6 is 0 Å². The van der Waals surface area contributed by atoms with Crippen LogP contribution in [0.25, 0.3) is 0 Å². The molecule has 0 N–H and O–H groups in total. The van der Waals surface area contributed by atoms with E-state index in [0.29, 0.717) is 0 Å². The molecule has 3 heteroatoms. The second kappa shape index (κ2) is 4.13. The van der Waals surface area contributed by atoms with Crippen LogP contribution in [0.2, 0.25) is 0 Å². The van der Waals surface area contributed by atoms with Crippen molar-refractivity contribution in [3.63, 3.8) is 0 Å². The first-order valence-electron chi connectivity index (χ1n) is 4.51. The predicted octanol–water partition coefficient (Wildman–Crippen LogP) is 1.45. The van der Waals surface area contributed by atoms with Gasteiger partial charge in [-0.25, -0.2) is 0 Å². The average molecular weight is 192 g/mol. The summed E-state index contributed by atoms with van der Waals surface area (Å²) in [6.07, 6.45) is 0. The van der Waals surface area contributed by atoms with E-state index in [9.17, 15) is 4.79 Å². The highest BCUT2D eigenvalue weighted by atomic mass is 16.2. The summed E-state index contributed by atoms with van der Waals surface area (Å²) in [4.78, 5) is 15.1. The molecule has 0 aliphatic rings. The van der Waals surface area contributed by atoms with Gasteiger partial charge in [0.15, 0.2) is 0 Å². The van der Waals surface area contributed by atoms with E-state index in [1.54, 1.807) is 19.0 Å². The third-order valence-electron chi connectivity index (χ3n) is 2.04. The molecule has 0 fully saturated rings. The normalized spacial score (nSPS) is 9.71. The zero-order chi connectivity index (χ0) is 10.7. The number of rotatable bonds is 2. The summed E-state index contributed by atoms with van der Waals surface area (Å²) in [5, 5.41) is 0. The Morgan fingerprint density at radius 1 is 1.00 bits per heavy atom. The van der Waals surface area contributed by atoms with Crippen molar-refractivity contribution in [2.75, 3.05) is 33.1 Å². The molecule has 3 nitrogen and oxygen atoms in total. The number of hydrogen-bond acceptors (Lipinski definition) is 2. The van der Waals surface area contributed by atoms with Gasteiger partial charge < -0.3 is 9.80 Å². The van der Waals surface area contributed by atoms with Crippen LogP contribution in [-0.2, 0) is 0 Å². The Kier molecular flexibility index (Phi) is 3.12. The van der Waals surface area contributed by atoms with Gasteiger partial charge >= 0.3 is 0 Å². The lowest BCUT2D eigenvalue weighted by Gasteiger charge is -2.14. The standard InChI is InChI=1S/C11H16N2O/c1-12(2)10-7-5-9(6-8-10)11(14)13(3)4/h5-8H,1-4H3. The molecule has 0 saturated carbocycles. The fourth-order valence-corrected chi connectivity index (χ4v) is 1.16. The first-order valence-corrected chi connectivity index (χ1v) is 4.51. The Hall–Kier alpha value is -1.51. The van der Waals surface area contributed by atoms with Gasteiger partial charge in [0.05, 0.1) is 0 Å². The first kappa shape index (κ1) is 10.6. The zero-order valence-corrected chi connectivity index (χ0v) is 9.11. The second-order valence-electron chi connectivity index (χ2n) is 3.64. The molecule has 0 saturated heterocycles. The minimum Gasteiger partial charge on any atom is -0.378 e. The molecule has 1 aromatic carbocycles. The summed E-state index contributed by atoms with van der Waals surface area (Å²) in [5.41, 5.74) is 1.82. The van der Waals surface area contributed by atoms with Crippen molar-refractivity contribution in [2.24, 2.45) is 0 Å². The molecule has 0 radical (unpaired) electrons. The highest BCUT2D eigenvalue weighted by Crippen LogP contribution is 2.12. The maximum absolute atomic E-state index is 11.5. The number of benzene rings is 1. The van der Waals surface area contributed by atoms with Gasteiger partial charge in [0, 0.05) is 39.4 Å². The van der Waals surface area contributed by atoms with Gasteiger partial charge in [-0.05, 0) is 24.3 Å². The molecule has 1 amide bonds. The van der Waals surface area contributed by atoms with Crippen molar-refractivity contribution in [3.05, 3.63) is 29.8 Å². The zero-order valence-electron chi connectivity index (χ0n) is 9.11. The highest BCUT2D eigenvalue weighted by Gasteiger charge is 2.06. The Morgan fingerprint density at radius 2 is 1.50 bits per heavy atom. The highest BCUT2D eigenvalue weighted by molar-refractivity contribution is 5.94. The quantitative estimate of drug-likeness (QED) is 0.708. The van der Waals surface area contributed by atoms with Gasteiger partial charge in [-0.2, -0.15) is 0 Å². The van der Waals surface area contributed by atoms with Gasteiger partial charge in [0.2, 0.25) is 0 Å². The maximum atomic E-state index is 11.5. The van der Waals surface area contributed by atoms with Crippen LogP contribution in [0, 0.1) is 0 Å². The van der Waals surface area contributed by atoms with Crippen molar-refractivity contribution in [1.82, 2.24) is 4.90 Å². The number of amides is 1. The molecule has 1 aromatic rings. The molecule has 0 aliphatic heterocycles. The van der Waals surface area contributed by atoms with Crippen LogP contribution in [0.4, 0.5) is 5.69 Å². The molecular formula is C11H16N2O. The summed E-state index contributed by atoms with van der Waals surface area (Å²) in [6, 6.07) is 7.57. The Bertz CT molecular complexity index is 315. The van der Waals surface area contributed by atoms with Crippen LogP contribution in [0.5, 0.6) is 0 Å². The van der Waals surface area contributed by atoms with E-state index in [0.717, 1.165) is 11.3 Å². The molecule has 0 aliphatic carbocycles. The van der Waals surface area contributed by atoms with Gasteiger partial charge in [-0.1, -0.05) is 0 Å². The Morgan fingerprint density at radius 3 is 1.86 bits per heavy atom. The van der Waals surface area contributed by atoms with E-state index in [-0.39, 0.29) is 5.91 Å². The minimum absolute atomic E-state index is 0.0373. The SMILES string of the molecule is CN(C)C(=O)c1ccc(N(C)C)cc1. The molecule has 0 atom stereocenters. The van der Waals surface area contributed by atoms with E-state index >= 15 is 0 Å². The largest absolute Gasteiger partial charge is 0.378 e. The maximum Gasteiger partial charge on any atom is 0.253 e. The van der Waals surface area contributed by atoms with Crippen molar-refractivity contribution >= 4 is 11.6 Å². The van der Waals surface area contributed by atoms with Crippen molar-refractivity contribution < 1.29 is 4.79 Å². The lowest BCUT2D eigenvalue weighted by atomic mass is 10.2. The van der Waals surface area contributed by atoms with E-state index in [2.05, 4.69) is 0 Å². The molecule has 0 aromatic heterocycles. The molecule has 0 spiro atoms. The summed E-state index contributed by atoms with van der Waals surface area (Å²) in [7, 11) is 7.45. The molecule has 14 heavy (non-hydrogen) atoms. The number of carbonyl (C=O) groups excluding carboxylic acids is 1. The molecule has 0 bridgehead atoms. The van der Waals surface area contributed by atoms with Gasteiger partial charge in [-0.15, -0.1) is 0 Å². The van der Waals surface area contributed by atoms with Crippen LogP contribution < -0.4 is 4.90 Å². The van der Waals surface area contributed by atoms with E-state index in [1.165, 1.54) is 0 Å². The van der Waals surface area contributed by atoms with Gasteiger partial charge in [0.25, 0.3) is 5.91 Å². The van der Waals surface area contributed by atoms with Crippen LogP contribution in [0.15, 0.2) is 24.3 Å². The van der Waals surface area contributed by atoms with Crippen molar-refractivity contribution in [1.29, 1.82) is 0 Å². The lowest BCUT2D eigenvalue weighted by molar-refractivity contribution is 0.0827. The molecular weight excluding hydrogens is 176 g/mol. The number of carbonyl (C=O) groups is 1. The number of anilines is 1. The summed E-state index contributed by atoms with van der Waals surface area (Å²) in [6.45, 7) is 0. The molecule has 0 unspecified atom stereocenters. The smallest absolute Gasteiger partial charge is 0.253 e. The minimum atomic E-state index is 0.0373. The Balaban J connectivity index is 2.89. The first-order chi connectivity index (χ1) is 6.52. The second-order valence-corrected chi connectivity index (χ2v) is 3.64. The summed E-state index contributed by atoms with van der Waals surface area (Å²) < 4.78 is 0. The third kappa shape index (κ3) is 2.25. The predicted molar refractivity (Wildman–Crippen MR) is 58.8 cm³/mol. The van der Waals surface area contributed by atoms with Crippen molar-refractivity contribution in [2.45, 2.75) is 0 Å². The topological polar surface area (TPSA) is 23.6 Å². The monoisotopic (exact) mass is 192 g/mol. The fraction of sp³-hybridized carbons (Fsp3) is 0.364. The average Bonchev–Trinajstić information content (AvgIpc) is 2.16. The summed E-state index contributed by atoms with van der Waals surface area (Å²) in [5.74, 6) is 0.0373. The van der Waals surface area contributed by atoms with E-state index < -0.39 is 0 Å². The van der Waals surface area contributed by atoms with E-state index in [4.69, 9.17) is 0 Å².